The number of para-hydroxylation sites is 1. The Labute approximate surface area is 79.7 Å². The number of hydrogen-bond acceptors (Lipinski definition) is 1. The average Bonchev–Trinajstić information content (AvgIpc) is 2.06. The average molecular weight is 204 g/mol. The van der Waals surface area contributed by atoms with E-state index in [1.807, 2.05) is 0 Å². The van der Waals surface area contributed by atoms with E-state index in [4.69, 9.17) is 0 Å². The highest BCUT2D eigenvalue weighted by molar-refractivity contribution is 5.34. The maximum Gasteiger partial charge on any atom is 0.573 e. The van der Waals surface area contributed by atoms with E-state index in [0.717, 1.165) is 0 Å². The summed E-state index contributed by atoms with van der Waals surface area (Å²) in [4.78, 5) is 0. The van der Waals surface area contributed by atoms with E-state index < -0.39 is 6.36 Å². The molecular weight excluding hydrogens is 195 g/mol. The predicted molar refractivity (Wildman–Crippen MR) is 46.1 cm³/mol. The van der Waals surface area contributed by atoms with Crippen LogP contribution < -0.4 is 4.74 Å². The van der Waals surface area contributed by atoms with E-state index >= 15 is 0 Å². The predicted octanol–water partition coefficient (Wildman–Crippen LogP) is 3.09. The van der Waals surface area contributed by atoms with Gasteiger partial charge < -0.3 is 10.1 Å². The molecule has 2 nitrogen and oxygen atoms in total. The highest BCUT2D eigenvalue weighted by Gasteiger charge is 2.31. The summed E-state index contributed by atoms with van der Waals surface area (Å²) in [6.45, 7) is 0.215. The van der Waals surface area contributed by atoms with Gasteiger partial charge >= 0.3 is 6.36 Å². The summed E-state index contributed by atoms with van der Waals surface area (Å²) in [5.41, 5.74) is 0.423. The number of rotatable bonds is 3. The summed E-state index contributed by atoms with van der Waals surface area (Å²) < 4.78 is 39.6. The topological polar surface area (TPSA) is 23.3 Å². The van der Waals surface area contributed by atoms with Crippen LogP contribution in [0.5, 0.6) is 5.75 Å². The highest BCUT2D eigenvalue weighted by atomic mass is 19.4. The first-order valence-electron chi connectivity index (χ1n) is 3.92. The van der Waals surface area contributed by atoms with Crippen molar-refractivity contribution in [2.75, 3.05) is 7.05 Å². The summed E-state index contributed by atoms with van der Waals surface area (Å²) in [6.07, 6.45) is -4.65. The Balaban J connectivity index is 2.84. The number of halogens is 3. The molecule has 0 aliphatic heterocycles. The molecule has 0 aromatic heterocycles. The lowest BCUT2D eigenvalue weighted by atomic mass is 10.2. The maximum absolute atomic E-state index is 11.9. The van der Waals surface area contributed by atoms with Crippen LogP contribution >= 0.6 is 0 Å². The Hall–Kier alpha value is -1.23. The van der Waals surface area contributed by atoms with Gasteiger partial charge in [-0.2, -0.15) is 7.05 Å². The fraction of sp³-hybridized carbons (Fsp3) is 0.333. The normalized spacial score (nSPS) is 11.4. The molecule has 0 saturated heterocycles. The molecule has 0 saturated carbocycles. The second-order valence-corrected chi connectivity index (χ2v) is 2.63. The van der Waals surface area contributed by atoms with E-state index in [-0.39, 0.29) is 12.3 Å². The first-order chi connectivity index (χ1) is 6.53. The summed E-state index contributed by atoms with van der Waals surface area (Å²) in [5.74, 6) is -0.189. The van der Waals surface area contributed by atoms with Crippen LogP contribution in [0.1, 0.15) is 5.56 Å². The van der Waals surface area contributed by atoms with Crippen LogP contribution in [-0.2, 0) is 6.54 Å². The van der Waals surface area contributed by atoms with Gasteiger partial charge in [-0.3, -0.25) is 0 Å². The van der Waals surface area contributed by atoms with Gasteiger partial charge in [0, 0.05) is 0 Å². The van der Waals surface area contributed by atoms with Crippen molar-refractivity contribution in [3.63, 3.8) is 0 Å². The van der Waals surface area contributed by atoms with Gasteiger partial charge in [0.2, 0.25) is 0 Å². The molecule has 5 heteroatoms. The zero-order valence-corrected chi connectivity index (χ0v) is 7.51. The minimum atomic E-state index is -4.65. The Kier molecular flexibility index (Phi) is 3.35. The van der Waals surface area contributed by atoms with Crippen LogP contribution in [0.15, 0.2) is 24.3 Å². The lowest BCUT2D eigenvalue weighted by molar-refractivity contribution is -0.274. The largest absolute Gasteiger partial charge is 0.661 e. The van der Waals surface area contributed by atoms with Gasteiger partial charge in [0.05, 0.1) is 0 Å². The molecule has 0 spiro atoms. The molecule has 0 aliphatic rings. The minimum absolute atomic E-state index is 0.189. The second kappa shape index (κ2) is 4.32. The molecule has 1 rings (SSSR count). The zero-order chi connectivity index (χ0) is 10.6. The Morgan fingerprint density at radius 2 is 1.93 bits per heavy atom. The van der Waals surface area contributed by atoms with E-state index in [9.17, 15) is 13.2 Å². The van der Waals surface area contributed by atoms with Gasteiger partial charge in [-0.1, -0.05) is 18.2 Å². The molecule has 0 heterocycles. The molecule has 0 fully saturated rings. The van der Waals surface area contributed by atoms with Gasteiger partial charge in [-0.15, -0.1) is 19.7 Å². The number of hydrogen-bond donors (Lipinski definition) is 0. The van der Waals surface area contributed by atoms with Gasteiger partial charge in [-0.05, 0) is 11.6 Å². The van der Waals surface area contributed by atoms with E-state index in [1.54, 1.807) is 12.1 Å². The summed E-state index contributed by atoms with van der Waals surface area (Å²) in [6, 6.07) is 5.95. The Morgan fingerprint density at radius 1 is 1.29 bits per heavy atom. The van der Waals surface area contributed by atoms with E-state index in [0.29, 0.717) is 5.56 Å². The maximum atomic E-state index is 11.9. The van der Waals surface area contributed by atoms with Crippen molar-refractivity contribution < 1.29 is 17.9 Å². The van der Waals surface area contributed by atoms with Crippen LogP contribution in [0.25, 0.3) is 5.32 Å². The van der Waals surface area contributed by atoms with Crippen LogP contribution in [-0.4, -0.2) is 13.4 Å². The van der Waals surface area contributed by atoms with Crippen LogP contribution in [0.3, 0.4) is 0 Å². The van der Waals surface area contributed by atoms with E-state index in [2.05, 4.69) is 10.1 Å². The van der Waals surface area contributed by atoms with Gasteiger partial charge in [-0.25, -0.2) is 0 Å². The van der Waals surface area contributed by atoms with Crippen molar-refractivity contribution in [3.8, 4) is 5.75 Å². The van der Waals surface area contributed by atoms with E-state index in [1.165, 1.54) is 19.2 Å². The van der Waals surface area contributed by atoms with Gasteiger partial charge in [0.25, 0.3) is 0 Å². The SMILES string of the molecule is C[N-]Cc1ccccc1OC(F)(F)F. The third-order valence-corrected chi connectivity index (χ3v) is 1.53. The molecule has 0 bridgehead atoms. The van der Waals surface area contributed by atoms with Crippen LogP contribution in [0.2, 0.25) is 0 Å². The van der Waals surface area contributed by atoms with Gasteiger partial charge in [0.1, 0.15) is 5.75 Å². The fourth-order valence-corrected chi connectivity index (χ4v) is 1.03. The van der Waals surface area contributed by atoms with Crippen molar-refractivity contribution in [2.24, 2.45) is 0 Å². The number of nitrogens with zero attached hydrogens (tertiary/aromatic N) is 1. The lowest BCUT2D eigenvalue weighted by Crippen LogP contribution is -2.18. The minimum Gasteiger partial charge on any atom is -0.661 e. The number of alkyl halides is 3. The summed E-state index contributed by atoms with van der Waals surface area (Å²) in [7, 11) is 1.53. The highest BCUT2D eigenvalue weighted by Crippen LogP contribution is 2.26. The lowest BCUT2D eigenvalue weighted by Gasteiger charge is -2.17. The molecular formula is C9H9F3NO-. The molecule has 0 aliphatic carbocycles. The molecule has 0 amide bonds. The number of benzene rings is 1. The molecule has 0 unspecified atom stereocenters. The fourth-order valence-electron chi connectivity index (χ4n) is 1.03. The van der Waals surface area contributed by atoms with Crippen LogP contribution in [0.4, 0.5) is 13.2 Å². The summed E-state index contributed by atoms with van der Waals surface area (Å²) in [5, 5.41) is 3.75. The smallest absolute Gasteiger partial charge is 0.573 e. The Bertz CT molecular complexity index is 298. The zero-order valence-electron chi connectivity index (χ0n) is 7.51. The molecule has 0 N–H and O–H groups in total. The molecule has 14 heavy (non-hydrogen) atoms. The van der Waals surface area contributed by atoms with Crippen molar-refractivity contribution in [3.05, 3.63) is 35.1 Å². The van der Waals surface area contributed by atoms with Gasteiger partial charge in [0.15, 0.2) is 0 Å². The molecule has 1 aromatic rings. The first kappa shape index (κ1) is 10.8. The van der Waals surface area contributed by atoms with Crippen molar-refractivity contribution in [1.82, 2.24) is 0 Å². The number of ether oxygens (including phenoxy) is 1. The third-order valence-electron chi connectivity index (χ3n) is 1.53. The summed E-state index contributed by atoms with van der Waals surface area (Å²) >= 11 is 0. The van der Waals surface area contributed by atoms with Crippen molar-refractivity contribution in [1.29, 1.82) is 0 Å². The van der Waals surface area contributed by atoms with Crippen molar-refractivity contribution >= 4 is 0 Å². The second-order valence-electron chi connectivity index (χ2n) is 2.63. The molecule has 0 radical (unpaired) electrons. The van der Waals surface area contributed by atoms with Crippen LogP contribution in [0, 0.1) is 0 Å². The molecule has 1 aromatic carbocycles. The monoisotopic (exact) mass is 204 g/mol. The standard InChI is InChI=1S/C9H9F3NO/c1-13-6-7-4-2-3-5-8(7)14-9(10,11)12/h2-5H,6H2,1H3/q-1. The Morgan fingerprint density at radius 3 is 2.50 bits per heavy atom. The molecule has 0 atom stereocenters. The molecule has 78 valence electrons. The van der Waals surface area contributed by atoms with Crippen molar-refractivity contribution in [2.45, 2.75) is 12.9 Å². The quantitative estimate of drug-likeness (QED) is 0.742. The first-order valence-corrected chi connectivity index (χ1v) is 3.92. The third kappa shape index (κ3) is 3.26.